The number of halogens is 1. The Hall–Kier alpha value is -1.81. The van der Waals surface area contributed by atoms with Crippen LogP contribution in [0.4, 0.5) is 10.1 Å². The first-order valence-corrected chi connectivity index (χ1v) is 6.53. The van der Waals surface area contributed by atoms with Crippen molar-refractivity contribution in [2.45, 2.75) is 32.0 Å². The molecule has 100 valence electrons. The lowest BCUT2D eigenvalue weighted by Crippen LogP contribution is -2.25. The van der Waals surface area contributed by atoms with Crippen LogP contribution in [0.2, 0.25) is 0 Å². The molecule has 0 amide bonds. The molecule has 4 heteroatoms. The fourth-order valence-electron chi connectivity index (χ4n) is 2.30. The second-order valence-corrected chi connectivity index (χ2v) is 5.04. The van der Waals surface area contributed by atoms with Gasteiger partial charge in [-0.1, -0.05) is 12.1 Å². The van der Waals surface area contributed by atoms with E-state index < -0.39 is 0 Å². The van der Waals surface area contributed by atoms with E-state index >= 15 is 0 Å². The van der Waals surface area contributed by atoms with Crippen molar-refractivity contribution in [3.8, 4) is 0 Å². The van der Waals surface area contributed by atoms with Crippen LogP contribution in [0.1, 0.15) is 24.2 Å². The second-order valence-electron chi connectivity index (χ2n) is 5.04. The van der Waals surface area contributed by atoms with Gasteiger partial charge in [0.15, 0.2) is 5.82 Å². The molecule has 1 aromatic carbocycles. The summed E-state index contributed by atoms with van der Waals surface area (Å²) in [6, 6.07) is 9.54. The molecule has 0 aliphatic heterocycles. The number of rotatable bonds is 5. The van der Waals surface area contributed by atoms with E-state index in [1.165, 1.54) is 12.8 Å². The number of hydrogen-bond donors (Lipinski definition) is 1. The molecule has 0 unspecified atom stereocenters. The molecule has 0 bridgehead atoms. The third-order valence-corrected chi connectivity index (χ3v) is 3.48. The highest BCUT2D eigenvalue weighted by atomic mass is 19.1. The van der Waals surface area contributed by atoms with Crippen molar-refractivity contribution < 1.29 is 8.81 Å². The normalized spacial score (nSPS) is 15.1. The van der Waals surface area contributed by atoms with Gasteiger partial charge in [-0.25, -0.2) is 4.39 Å². The third-order valence-electron chi connectivity index (χ3n) is 3.48. The van der Waals surface area contributed by atoms with Crippen molar-refractivity contribution >= 4 is 5.69 Å². The first-order chi connectivity index (χ1) is 9.24. The maximum atomic E-state index is 13.9. The smallest absolute Gasteiger partial charge is 0.150 e. The first-order valence-electron chi connectivity index (χ1n) is 6.53. The molecule has 1 aliphatic carbocycles. The fraction of sp³-hybridized carbons (Fsp3) is 0.333. The number of hydrogen-bond acceptors (Lipinski definition) is 3. The van der Waals surface area contributed by atoms with E-state index in [-0.39, 0.29) is 11.5 Å². The van der Waals surface area contributed by atoms with Gasteiger partial charge < -0.3 is 10.2 Å². The van der Waals surface area contributed by atoms with E-state index in [4.69, 9.17) is 10.2 Å². The Morgan fingerprint density at radius 1 is 1.21 bits per heavy atom. The minimum absolute atomic E-state index is 0.214. The monoisotopic (exact) mass is 260 g/mol. The number of furan rings is 1. The van der Waals surface area contributed by atoms with Crippen LogP contribution in [0, 0.1) is 5.82 Å². The molecule has 0 saturated heterocycles. The molecule has 1 heterocycles. The fourth-order valence-corrected chi connectivity index (χ4v) is 2.30. The van der Waals surface area contributed by atoms with Gasteiger partial charge in [-0.3, -0.25) is 4.90 Å². The van der Waals surface area contributed by atoms with E-state index in [9.17, 15) is 4.39 Å². The van der Waals surface area contributed by atoms with Crippen molar-refractivity contribution in [1.82, 2.24) is 4.90 Å². The summed E-state index contributed by atoms with van der Waals surface area (Å²) >= 11 is 0. The van der Waals surface area contributed by atoms with Gasteiger partial charge in [0, 0.05) is 18.2 Å². The molecule has 2 aromatic rings. The summed E-state index contributed by atoms with van der Waals surface area (Å²) in [7, 11) is 0. The van der Waals surface area contributed by atoms with Gasteiger partial charge in [0.2, 0.25) is 0 Å². The molecule has 19 heavy (non-hydrogen) atoms. The van der Waals surface area contributed by atoms with Gasteiger partial charge in [0.1, 0.15) is 5.76 Å². The predicted molar refractivity (Wildman–Crippen MR) is 71.8 cm³/mol. The maximum absolute atomic E-state index is 13.9. The van der Waals surface area contributed by atoms with Gasteiger partial charge in [0.25, 0.3) is 0 Å². The van der Waals surface area contributed by atoms with Gasteiger partial charge in [-0.15, -0.1) is 0 Å². The summed E-state index contributed by atoms with van der Waals surface area (Å²) in [6.07, 6.45) is 4.01. The zero-order valence-electron chi connectivity index (χ0n) is 10.7. The van der Waals surface area contributed by atoms with Crippen molar-refractivity contribution in [1.29, 1.82) is 0 Å². The molecule has 3 rings (SSSR count). The van der Waals surface area contributed by atoms with E-state index in [1.54, 1.807) is 24.5 Å². The predicted octanol–water partition coefficient (Wildman–Crippen LogP) is 3.17. The minimum atomic E-state index is -0.299. The first kappa shape index (κ1) is 12.2. The number of nitrogens with zero attached hydrogens (tertiary/aromatic N) is 1. The lowest BCUT2D eigenvalue weighted by Gasteiger charge is -2.21. The van der Waals surface area contributed by atoms with Crippen LogP contribution in [0.25, 0.3) is 0 Å². The second kappa shape index (κ2) is 5.05. The highest BCUT2D eigenvalue weighted by Crippen LogP contribution is 2.30. The molecular weight excluding hydrogens is 243 g/mol. The summed E-state index contributed by atoms with van der Waals surface area (Å²) in [5.41, 5.74) is 6.48. The van der Waals surface area contributed by atoms with E-state index in [1.807, 2.05) is 12.1 Å². The molecule has 1 saturated carbocycles. The van der Waals surface area contributed by atoms with Crippen molar-refractivity contribution in [2.75, 3.05) is 5.73 Å². The highest BCUT2D eigenvalue weighted by Gasteiger charge is 2.30. The Labute approximate surface area is 111 Å². The minimum Gasteiger partial charge on any atom is -0.468 e. The van der Waals surface area contributed by atoms with Crippen molar-refractivity contribution in [2.24, 2.45) is 0 Å². The van der Waals surface area contributed by atoms with Crippen molar-refractivity contribution in [3.63, 3.8) is 0 Å². The standard InChI is InChI=1S/C15H17FN2O/c16-15-11(3-1-5-14(15)17)9-18(12-6-7-12)10-13-4-2-8-19-13/h1-5,8,12H,6-7,9-10,17H2. The third kappa shape index (κ3) is 2.79. The lowest BCUT2D eigenvalue weighted by molar-refractivity contribution is 0.222. The summed E-state index contributed by atoms with van der Waals surface area (Å²) in [6.45, 7) is 1.29. The SMILES string of the molecule is Nc1cccc(CN(Cc2ccco2)C2CC2)c1F. The Bertz CT molecular complexity index is 549. The molecule has 0 spiro atoms. The topological polar surface area (TPSA) is 42.4 Å². The van der Waals surface area contributed by atoms with Crippen molar-refractivity contribution in [3.05, 3.63) is 53.7 Å². The van der Waals surface area contributed by atoms with Gasteiger partial charge in [0.05, 0.1) is 18.5 Å². The molecule has 1 aliphatic rings. The largest absolute Gasteiger partial charge is 0.468 e. The van der Waals surface area contributed by atoms with Gasteiger partial charge in [-0.05, 0) is 31.0 Å². The molecule has 0 atom stereocenters. The van der Waals surface area contributed by atoms with E-state index in [0.29, 0.717) is 24.7 Å². The Morgan fingerprint density at radius 3 is 2.74 bits per heavy atom. The molecule has 2 N–H and O–H groups in total. The summed E-state index contributed by atoms with van der Waals surface area (Å²) in [5.74, 6) is 0.615. The van der Waals surface area contributed by atoms with Crippen LogP contribution in [0.15, 0.2) is 41.0 Å². The van der Waals surface area contributed by atoms with Crippen LogP contribution >= 0.6 is 0 Å². The van der Waals surface area contributed by atoms with Crippen LogP contribution in [-0.4, -0.2) is 10.9 Å². The Kier molecular flexibility index (Phi) is 3.25. The average molecular weight is 260 g/mol. The summed E-state index contributed by atoms with van der Waals surface area (Å²) in [5, 5.41) is 0. The van der Waals surface area contributed by atoms with Crippen LogP contribution in [0.5, 0.6) is 0 Å². The number of anilines is 1. The van der Waals surface area contributed by atoms with Gasteiger partial charge >= 0.3 is 0 Å². The zero-order chi connectivity index (χ0) is 13.2. The summed E-state index contributed by atoms with van der Waals surface area (Å²) < 4.78 is 19.3. The van der Waals surface area contributed by atoms with Crippen LogP contribution in [0.3, 0.4) is 0 Å². The van der Waals surface area contributed by atoms with Crippen LogP contribution in [-0.2, 0) is 13.1 Å². The lowest BCUT2D eigenvalue weighted by atomic mass is 10.1. The molecule has 1 aromatic heterocycles. The van der Waals surface area contributed by atoms with E-state index in [2.05, 4.69) is 4.90 Å². The Morgan fingerprint density at radius 2 is 2.05 bits per heavy atom. The zero-order valence-corrected chi connectivity index (χ0v) is 10.7. The summed E-state index contributed by atoms with van der Waals surface area (Å²) in [4.78, 5) is 2.25. The highest BCUT2D eigenvalue weighted by molar-refractivity contribution is 5.42. The molecule has 0 radical (unpaired) electrons. The maximum Gasteiger partial charge on any atom is 0.150 e. The average Bonchev–Trinajstić information content (AvgIpc) is 3.13. The molecular formula is C15H17FN2O. The quantitative estimate of drug-likeness (QED) is 0.840. The molecule has 3 nitrogen and oxygen atoms in total. The van der Waals surface area contributed by atoms with E-state index in [0.717, 1.165) is 5.76 Å². The number of nitrogens with two attached hydrogens (primary N) is 1. The Balaban J connectivity index is 1.76. The number of nitrogen functional groups attached to an aromatic ring is 1. The van der Waals surface area contributed by atoms with Gasteiger partial charge in [-0.2, -0.15) is 0 Å². The molecule has 1 fully saturated rings. The van der Waals surface area contributed by atoms with Crippen LogP contribution < -0.4 is 5.73 Å². The number of benzene rings is 1.